The number of aromatic nitrogens is 2. The number of nitro groups is 2. The quantitative estimate of drug-likeness (QED) is 0.653. The highest BCUT2D eigenvalue weighted by molar-refractivity contribution is 5.68. The Morgan fingerprint density at radius 2 is 1.95 bits per heavy atom. The van der Waals surface area contributed by atoms with Gasteiger partial charge in [0.1, 0.15) is 5.69 Å². The number of anilines is 2. The Bertz CT molecular complexity index is 652. The van der Waals surface area contributed by atoms with E-state index in [2.05, 4.69) is 15.5 Å². The third kappa shape index (κ3) is 2.62. The molecule has 1 heterocycles. The van der Waals surface area contributed by atoms with Crippen LogP contribution in [-0.4, -0.2) is 20.0 Å². The van der Waals surface area contributed by atoms with E-state index in [1.165, 1.54) is 6.07 Å². The number of nitrogens with one attached hydrogen (secondary N) is 1. The molecule has 0 saturated heterocycles. The van der Waals surface area contributed by atoms with E-state index in [0.29, 0.717) is 0 Å². The first-order chi connectivity index (χ1) is 8.97. The molecule has 0 spiro atoms. The van der Waals surface area contributed by atoms with Gasteiger partial charge in [-0.3, -0.25) is 20.2 Å². The van der Waals surface area contributed by atoms with Crippen LogP contribution >= 0.6 is 0 Å². The molecule has 0 atom stereocenters. The van der Waals surface area contributed by atoms with Crippen molar-refractivity contribution in [3.05, 3.63) is 44.3 Å². The van der Waals surface area contributed by atoms with E-state index >= 15 is 0 Å². The van der Waals surface area contributed by atoms with E-state index in [-0.39, 0.29) is 23.3 Å². The van der Waals surface area contributed by atoms with Crippen LogP contribution in [0.4, 0.5) is 23.1 Å². The largest absolute Gasteiger partial charge is 0.408 e. The van der Waals surface area contributed by atoms with Gasteiger partial charge in [0, 0.05) is 13.0 Å². The Hall–Kier alpha value is -3.04. The van der Waals surface area contributed by atoms with Crippen molar-refractivity contribution in [3.63, 3.8) is 0 Å². The second-order valence-electron chi connectivity index (χ2n) is 3.47. The van der Waals surface area contributed by atoms with Crippen molar-refractivity contribution in [2.75, 3.05) is 5.32 Å². The number of benzene rings is 1. The van der Waals surface area contributed by atoms with E-state index in [4.69, 9.17) is 4.42 Å². The van der Waals surface area contributed by atoms with Crippen molar-refractivity contribution in [2.45, 2.75) is 6.92 Å². The third-order valence-corrected chi connectivity index (χ3v) is 2.16. The summed E-state index contributed by atoms with van der Waals surface area (Å²) in [4.78, 5) is 20.0. The molecular formula is C9H7N5O5. The average Bonchev–Trinajstić information content (AvgIpc) is 2.74. The number of hydrogen-bond acceptors (Lipinski definition) is 8. The van der Waals surface area contributed by atoms with Crippen molar-refractivity contribution in [1.82, 2.24) is 10.2 Å². The van der Waals surface area contributed by atoms with Gasteiger partial charge in [0.15, 0.2) is 0 Å². The van der Waals surface area contributed by atoms with Crippen LogP contribution in [0, 0.1) is 27.2 Å². The van der Waals surface area contributed by atoms with Crippen molar-refractivity contribution in [1.29, 1.82) is 0 Å². The zero-order valence-corrected chi connectivity index (χ0v) is 9.56. The molecule has 98 valence electrons. The molecule has 0 aliphatic heterocycles. The predicted molar refractivity (Wildman–Crippen MR) is 62.1 cm³/mol. The Morgan fingerprint density at radius 1 is 1.21 bits per heavy atom. The SMILES string of the molecule is Cc1nnc(Nc2ccc([N+](=O)[O-])cc2[N+](=O)[O-])o1. The lowest BCUT2D eigenvalue weighted by Crippen LogP contribution is -1.99. The summed E-state index contributed by atoms with van der Waals surface area (Å²) < 4.78 is 5.01. The molecule has 19 heavy (non-hydrogen) atoms. The average molecular weight is 265 g/mol. The summed E-state index contributed by atoms with van der Waals surface area (Å²) in [5.41, 5.74) is -0.803. The topological polar surface area (TPSA) is 137 Å². The second-order valence-corrected chi connectivity index (χ2v) is 3.47. The second kappa shape index (κ2) is 4.68. The molecule has 1 aromatic carbocycles. The van der Waals surface area contributed by atoms with Gasteiger partial charge in [-0.1, -0.05) is 5.10 Å². The highest BCUT2D eigenvalue weighted by Gasteiger charge is 2.20. The number of aryl methyl sites for hydroxylation is 1. The van der Waals surface area contributed by atoms with Gasteiger partial charge < -0.3 is 9.73 Å². The lowest BCUT2D eigenvalue weighted by atomic mass is 10.2. The maximum Gasteiger partial charge on any atom is 0.320 e. The molecule has 0 aliphatic rings. The van der Waals surface area contributed by atoms with E-state index < -0.39 is 15.5 Å². The van der Waals surface area contributed by atoms with E-state index in [1.807, 2.05) is 0 Å². The zero-order chi connectivity index (χ0) is 14.0. The van der Waals surface area contributed by atoms with Gasteiger partial charge in [0.2, 0.25) is 5.89 Å². The smallest absolute Gasteiger partial charge is 0.320 e. The van der Waals surface area contributed by atoms with E-state index in [1.54, 1.807) is 6.92 Å². The van der Waals surface area contributed by atoms with Gasteiger partial charge in [-0.05, 0) is 6.07 Å². The number of non-ortho nitro benzene ring substituents is 1. The summed E-state index contributed by atoms with van der Waals surface area (Å²) >= 11 is 0. The number of nitrogens with zero attached hydrogens (tertiary/aromatic N) is 4. The van der Waals surface area contributed by atoms with Crippen LogP contribution in [0.1, 0.15) is 5.89 Å². The summed E-state index contributed by atoms with van der Waals surface area (Å²) in [7, 11) is 0. The van der Waals surface area contributed by atoms with Crippen molar-refractivity contribution in [3.8, 4) is 0 Å². The highest BCUT2D eigenvalue weighted by atomic mass is 16.6. The highest BCUT2D eigenvalue weighted by Crippen LogP contribution is 2.30. The van der Waals surface area contributed by atoms with Crippen LogP contribution < -0.4 is 5.32 Å². The molecule has 2 rings (SSSR count). The number of rotatable bonds is 4. The van der Waals surface area contributed by atoms with Gasteiger partial charge in [0.05, 0.1) is 15.9 Å². The van der Waals surface area contributed by atoms with Gasteiger partial charge in [-0.2, -0.15) is 0 Å². The standard InChI is InChI=1S/C9H7N5O5/c1-5-11-12-9(19-5)10-7-3-2-6(13(15)16)4-8(7)14(17)18/h2-4H,1H3,(H,10,12). The Balaban J connectivity index is 2.39. The molecular weight excluding hydrogens is 258 g/mol. The molecule has 10 heteroatoms. The molecule has 0 unspecified atom stereocenters. The molecule has 0 bridgehead atoms. The maximum absolute atomic E-state index is 10.9. The first-order valence-corrected chi connectivity index (χ1v) is 4.97. The molecule has 1 aromatic heterocycles. The van der Waals surface area contributed by atoms with Crippen molar-refractivity contribution in [2.24, 2.45) is 0 Å². The maximum atomic E-state index is 10.9. The van der Waals surface area contributed by atoms with Crippen LogP contribution in [0.5, 0.6) is 0 Å². The van der Waals surface area contributed by atoms with Gasteiger partial charge in [-0.15, -0.1) is 5.10 Å². The molecule has 2 aromatic rings. The van der Waals surface area contributed by atoms with E-state index in [9.17, 15) is 20.2 Å². The lowest BCUT2D eigenvalue weighted by Gasteiger charge is -2.02. The normalized spacial score (nSPS) is 10.2. The minimum Gasteiger partial charge on any atom is -0.408 e. The molecule has 10 nitrogen and oxygen atoms in total. The minimum absolute atomic E-state index is 0.0271. The molecule has 0 radical (unpaired) electrons. The zero-order valence-electron chi connectivity index (χ0n) is 9.56. The van der Waals surface area contributed by atoms with Crippen molar-refractivity contribution >= 4 is 23.1 Å². The summed E-state index contributed by atoms with van der Waals surface area (Å²) in [5, 5.41) is 31.1. The third-order valence-electron chi connectivity index (χ3n) is 2.16. The van der Waals surface area contributed by atoms with Gasteiger partial charge in [0.25, 0.3) is 11.4 Å². The first-order valence-electron chi connectivity index (χ1n) is 4.97. The molecule has 0 aliphatic carbocycles. The van der Waals surface area contributed by atoms with Crippen LogP contribution in [0.2, 0.25) is 0 Å². The monoisotopic (exact) mass is 265 g/mol. The van der Waals surface area contributed by atoms with Crippen LogP contribution in [-0.2, 0) is 0 Å². The number of hydrogen-bond donors (Lipinski definition) is 1. The van der Waals surface area contributed by atoms with Gasteiger partial charge >= 0.3 is 6.01 Å². The number of nitro benzene ring substituents is 2. The van der Waals surface area contributed by atoms with E-state index in [0.717, 1.165) is 12.1 Å². The molecule has 0 amide bonds. The Labute approximate surface area is 105 Å². The van der Waals surface area contributed by atoms with Gasteiger partial charge in [-0.25, -0.2) is 0 Å². The Kier molecular flexibility index (Phi) is 3.06. The molecule has 0 saturated carbocycles. The summed E-state index contributed by atoms with van der Waals surface area (Å²) in [6.45, 7) is 1.56. The van der Waals surface area contributed by atoms with Crippen LogP contribution in [0.15, 0.2) is 22.6 Å². The first kappa shape index (κ1) is 12.4. The lowest BCUT2D eigenvalue weighted by molar-refractivity contribution is -0.393. The minimum atomic E-state index is -0.738. The Morgan fingerprint density at radius 3 is 2.47 bits per heavy atom. The fourth-order valence-corrected chi connectivity index (χ4v) is 1.35. The summed E-state index contributed by atoms with van der Waals surface area (Å²) in [6.07, 6.45) is 0. The predicted octanol–water partition coefficient (Wildman–Crippen LogP) is 1.94. The fourth-order valence-electron chi connectivity index (χ4n) is 1.35. The molecule has 0 fully saturated rings. The van der Waals surface area contributed by atoms with Crippen LogP contribution in [0.3, 0.4) is 0 Å². The fraction of sp³-hybridized carbons (Fsp3) is 0.111. The summed E-state index contributed by atoms with van der Waals surface area (Å²) in [5.74, 6) is 0.284. The van der Waals surface area contributed by atoms with Crippen LogP contribution in [0.25, 0.3) is 0 Å². The van der Waals surface area contributed by atoms with Crippen molar-refractivity contribution < 1.29 is 14.3 Å². The molecule has 1 N–H and O–H groups in total. The summed E-state index contributed by atoms with van der Waals surface area (Å²) in [6, 6.07) is 3.16.